The van der Waals surface area contributed by atoms with E-state index in [2.05, 4.69) is 10.4 Å². The van der Waals surface area contributed by atoms with Crippen LogP contribution in [0.4, 0.5) is 5.82 Å². The van der Waals surface area contributed by atoms with Crippen LogP contribution in [0.2, 0.25) is 5.02 Å². The molecule has 0 bridgehead atoms. The first-order chi connectivity index (χ1) is 13.0. The highest BCUT2D eigenvalue weighted by Crippen LogP contribution is 2.23. The minimum absolute atomic E-state index is 0.246. The Morgan fingerprint density at radius 3 is 2.74 bits per heavy atom. The highest BCUT2D eigenvalue weighted by Gasteiger charge is 2.12. The zero-order chi connectivity index (χ0) is 19.2. The van der Waals surface area contributed by atoms with Gasteiger partial charge in [-0.05, 0) is 40.9 Å². The fourth-order valence-corrected chi connectivity index (χ4v) is 3.25. The molecule has 0 aliphatic carbocycles. The van der Waals surface area contributed by atoms with Gasteiger partial charge in [0.25, 0.3) is 5.91 Å². The molecule has 27 heavy (non-hydrogen) atoms. The standard InChI is InChI=1S/C19H18ClN3O3S/c1-23-17(10-16(22-23)14-3-5-15(20)6-4-14)21-18(24)11-26-19(25)7-2-13-8-9-27-12-13/h3-6,8-10,12H,2,7,11H2,1H3,(H,21,24). The minimum atomic E-state index is -0.412. The van der Waals surface area contributed by atoms with Gasteiger partial charge in [-0.25, -0.2) is 0 Å². The number of hydrogen-bond donors (Lipinski definition) is 1. The van der Waals surface area contributed by atoms with Crippen LogP contribution in [0, 0.1) is 0 Å². The van der Waals surface area contributed by atoms with Crippen molar-refractivity contribution in [3.8, 4) is 11.3 Å². The average Bonchev–Trinajstić information content (AvgIpc) is 3.29. The van der Waals surface area contributed by atoms with Gasteiger partial charge in [0.2, 0.25) is 0 Å². The van der Waals surface area contributed by atoms with Gasteiger partial charge in [0.15, 0.2) is 6.61 Å². The highest BCUT2D eigenvalue weighted by molar-refractivity contribution is 7.07. The second-order valence-electron chi connectivity index (χ2n) is 5.89. The Hall–Kier alpha value is -2.64. The summed E-state index contributed by atoms with van der Waals surface area (Å²) in [5, 5.41) is 11.7. The number of nitrogens with one attached hydrogen (secondary N) is 1. The predicted molar refractivity (Wildman–Crippen MR) is 106 cm³/mol. The number of thiophene rings is 1. The lowest BCUT2D eigenvalue weighted by Gasteiger charge is -2.06. The summed E-state index contributed by atoms with van der Waals surface area (Å²) >= 11 is 7.47. The molecule has 0 aliphatic heterocycles. The van der Waals surface area contributed by atoms with Crippen molar-refractivity contribution in [2.45, 2.75) is 12.8 Å². The van der Waals surface area contributed by atoms with E-state index < -0.39 is 11.9 Å². The van der Waals surface area contributed by atoms with E-state index in [0.717, 1.165) is 11.1 Å². The van der Waals surface area contributed by atoms with Crippen molar-refractivity contribution in [3.05, 3.63) is 57.7 Å². The minimum Gasteiger partial charge on any atom is -0.456 e. The molecular formula is C19H18ClN3O3S. The molecule has 140 valence electrons. The molecule has 0 saturated heterocycles. The van der Waals surface area contributed by atoms with Gasteiger partial charge in [0, 0.05) is 30.1 Å². The summed E-state index contributed by atoms with van der Waals surface area (Å²) in [6, 6.07) is 11.0. The van der Waals surface area contributed by atoms with E-state index in [4.69, 9.17) is 16.3 Å². The zero-order valence-corrected chi connectivity index (χ0v) is 16.2. The number of esters is 1. The average molecular weight is 404 g/mol. The molecular weight excluding hydrogens is 386 g/mol. The summed E-state index contributed by atoms with van der Waals surface area (Å²) in [7, 11) is 1.72. The number of amides is 1. The monoisotopic (exact) mass is 403 g/mol. The molecule has 1 aromatic carbocycles. The zero-order valence-electron chi connectivity index (χ0n) is 14.6. The van der Waals surface area contributed by atoms with Gasteiger partial charge in [-0.15, -0.1) is 0 Å². The van der Waals surface area contributed by atoms with Crippen LogP contribution >= 0.6 is 22.9 Å². The van der Waals surface area contributed by atoms with Crippen molar-refractivity contribution in [1.82, 2.24) is 9.78 Å². The molecule has 0 spiro atoms. The Labute approximate surface area is 165 Å². The number of rotatable bonds is 7. The normalized spacial score (nSPS) is 10.6. The summed E-state index contributed by atoms with van der Waals surface area (Å²) in [6.07, 6.45) is 0.854. The van der Waals surface area contributed by atoms with Crippen molar-refractivity contribution in [2.24, 2.45) is 7.05 Å². The largest absolute Gasteiger partial charge is 0.456 e. The number of aromatic nitrogens is 2. The predicted octanol–water partition coefficient (Wildman–Crippen LogP) is 3.92. The van der Waals surface area contributed by atoms with Crippen molar-refractivity contribution in [3.63, 3.8) is 0 Å². The molecule has 0 atom stereocenters. The molecule has 6 nitrogen and oxygen atoms in total. The van der Waals surface area contributed by atoms with E-state index >= 15 is 0 Å². The van der Waals surface area contributed by atoms with Gasteiger partial charge < -0.3 is 10.1 Å². The summed E-state index contributed by atoms with van der Waals surface area (Å²) < 4.78 is 6.58. The smallest absolute Gasteiger partial charge is 0.306 e. The number of aryl methyl sites for hydroxylation is 2. The van der Waals surface area contributed by atoms with E-state index in [1.807, 2.05) is 29.0 Å². The number of nitrogens with zero attached hydrogens (tertiary/aromatic N) is 2. The van der Waals surface area contributed by atoms with Crippen LogP contribution in [0.25, 0.3) is 11.3 Å². The lowest BCUT2D eigenvalue weighted by atomic mass is 10.1. The Balaban J connectivity index is 1.50. The van der Waals surface area contributed by atoms with Crippen LogP contribution in [0.15, 0.2) is 47.2 Å². The molecule has 0 radical (unpaired) electrons. The third-order valence-corrected chi connectivity index (χ3v) is 4.83. The summed E-state index contributed by atoms with van der Waals surface area (Å²) in [5.74, 6) is -0.299. The highest BCUT2D eigenvalue weighted by atomic mass is 35.5. The van der Waals surface area contributed by atoms with Crippen LogP contribution < -0.4 is 5.32 Å². The molecule has 0 unspecified atom stereocenters. The number of benzene rings is 1. The van der Waals surface area contributed by atoms with Gasteiger partial charge in [-0.2, -0.15) is 16.4 Å². The quantitative estimate of drug-likeness (QED) is 0.607. The Morgan fingerprint density at radius 2 is 2.04 bits per heavy atom. The first-order valence-corrected chi connectivity index (χ1v) is 9.60. The van der Waals surface area contributed by atoms with Crippen LogP contribution in [0.5, 0.6) is 0 Å². The van der Waals surface area contributed by atoms with E-state index in [-0.39, 0.29) is 13.0 Å². The maximum absolute atomic E-state index is 12.0. The number of carbonyl (C=O) groups is 2. The number of ether oxygens (including phenoxy) is 1. The third kappa shape index (κ3) is 5.42. The molecule has 3 rings (SSSR count). The summed E-state index contributed by atoms with van der Waals surface area (Å²) in [4.78, 5) is 23.8. The van der Waals surface area contributed by atoms with Crippen molar-refractivity contribution in [2.75, 3.05) is 11.9 Å². The van der Waals surface area contributed by atoms with Crippen LogP contribution in [0.1, 0.15) is 12.0 Å². The first kappa shape index (κ1) is 19.1. The van der Waals surface area contributed by atoms with E-state index in [9.17, 15) is 9.59 Å². The first-order valence-electron chi connectivity index (χ1n) is 8.28. The van der Waals surface area contributed by atoms with Gasteiger partial charge in [0.05, 0.1) is 5.69 Å². The summed E-state index contributed by atoms with van der Waals surface area (Å²) in [6.45, 7) is -0.329. The Bertz CT molecular complexity index is 920. The van der Waals surface area contributed by atoms with Crippen molar-refractivity contribution >= 4 is 40.6 Å². The lowest BCUT2D eigenvalue weighted by Crippen LogP contribution is -2.22. The number of anilines is 1. The maximum atomic E-state index is 12.0. The van der Waals surface area contributed by atoms with Gasteiger partial charge >= 0.3 is 5.97 Å². The lowest BCUT2D eigenvalue weighted by molar-refractivity contribution is -0.147. The molecule has 2 aromatic heterocycles. The molecule has 0 aliphatic rings. The van der Waals surface area contributed by atoms with E-state index in [0.29, 0.717) is 23.0 Å². The summed E-state index contributed by atoms with van der Waals surface area (Å²) in [5.41, 5.74) is 2.68. The van der Waals surface area contributed by atoms with Gasteiger partial charge in [0.1, 0.15) is 5.82 Å². The molecule has 3 aromatic rings. The molecule has 0 saturated carbocycles. The van der Waals surface area contributed by atoms with E-state index in [1.54, 1.807) is 41.3 Å². The molecule has 0 fully saturated rings. The second-order valence-corrected chi connectivity index (χ2v) is 7.10. The van der Waals surface area contributed by atoms with Crippen molar-refractivity contribution in [1.29, 1.82) is 0 Å². The molecule has 1 N–H and O–H groups in total. The number of carbonyl (C=O) groups excluding carboxylic acids is 2. The Kier molecular flexibility index (Phi) is 6.26. The molecule has 1 amide bonds. The van der Waals surface area contributed by atoms with Gasteiger partial charge in [-0.1, -0.05) is 23.7 Å². The molecule has 8 heteroatoms. The van der Waals surface area contributed by atoms with Gasteiger partial charge in [-0.3, -0.25) is 14.3 Å². The fourth-order valence-electron chi connectivity index (χ4n) is 2.42. The van der Waals surface area contributed by atoms with Crippen LogP contribution in [-0.4, -0.2) is 28.3 Å². The number of hydrogen-bond acceptors (Lipinski definition) is 5. The maximum Gasteiger partial charge on any atom is 0.306 e. The van der Waals surface area contributed by atoms with Crippen LogP contribution in [-0.2, 0) is 27.8 Å². The fraction of sp³-hybridized carbons (Fsp3) is 0.211. The van der Waals surface area contributed by atoms with Crippen LogP contribution in [0.3, 0.4) is 0 Å². The Morgan fingerprint density at radius 1 is 1.26 bits per heavy atom. The van der Waals surface area contributed by atoms with E-state index in [1.165, 1.54) is 0 Å². The second kappa shape index (κ2) is 8.83. The third-order valence-electron chi connectivity index (χ3n) is 3.85. The number of halogens is 1. The SMILES string of the molecule is Cn1nc(-c2ccc(Cl)cc2)cc1NC(=O)COC(=O)CCc1ccsc1. The topological polar surface area (TPSA) is 73.2 Å². The molecule has 2 heterocycles. The van der Waals surface area contributed by atoms with Crippen molar-refractivity contribution < 1.29 is 14.3 Å².